The number of ketones is 1. The maximum atomic E-state index is 13.1. The van der Waals surface area contributed by atoms with E-state index in [4.69, 9.17) is 22.1 Å². The highest BCUT2D eigenvalue weighted by Gasteiger charge is 2.41. The van der Waals surface area contributed by atoms with Crippen molar-refractivity contribution in [2.75, 3.05) is 0 Å². The minimum atomic E-state index is -0.486. The van der Waals surface area contributed by atoms with Crippen LogP contribution in [0.2, 0.25) is 5.02 Å². The zero-order chi connectivity index (χ0) is 19.0. The normalized spacial score (nSPS) is 22.1. The molecule has 2 atom stereocenters. The molecule has 0 fully saturated rings. The van der Waals surface area contributed by atoms with Gasteiger partial charge >= 0.3 is 0 Å². The van der Waals surface area contributed by atoms with Crippen molar-refractivity contribution in [3.8, 4) is 6.07 Å². The lowest BCUT2D eigenvalue weighted by Gasteiger charge is -2.34. The number of hydrogen-bond donors (Lipinski definition) is 1. The first-order valence-corrected chi connectivity index (χ1v) is 9.11. The topological polar surface area (TPSA) is 76.1 Å². The molecule has 4 rings (SSSR count). The Labute approximate surface area is 162 Å². The van der Waals surface area contributed by atoms with Crippen LogP contribution in [-0.2, 0) is 9.53 Å². The van der Waals surface area contributed by atoms with Gasteiger partial charge in [-0.25, -0.2) is 0 Å². The highest BCUT2D eigenvalue weighted by molar-refractivity contribution is 6.31. The molecule has 1 aliphatic carbocycles. The van der Waals surface area contributed by atoms with Gasteiger partial charge in [-0.1, -0.05) is 60.1 Å². The maximum Gasteiger partial charge on any atom is 0.205 e. The SMILES string of the molecule is N#CC1=C(N)OC2=C(C(=O)C[C@@H](c3ccccc3Cl)C2)[C@@H]1c1ccccc1. The van der Waals surface area contributed by atoms with E-state index in [1.54, 1.807) is 0 Å². The van der Waals surface area contributed by atoms with Crippen LogP contribution >= 0.6 is 11.6 Å². The number of Topliss-reactive ketones (excluding diaryl/α,β-unsaturated/α-hetero) is 1. The van der Waals surface area contributed by atoms with E-state index in [0.717, 1.165) is 11.1 Å². The van der Waals surface area contributed by atoms with Gasteiger partial charge in [-0.15, -0.1) is 0 Å². The second-order valence-electron chi connectivity index (χ2n) is 6.72. The quantitative estimate of drug-likeness (QED) is 0.834. The van der Waals surface area contributed by atoms with E-state index in [0.29, 0.717) is 29.2 Å². The predicted molar refractivity (Wildman–Crippen MR) is 103 cm³/mol. The average Bonchev–Trinajstić information content (AvgIpc) is 2.67. The number of hydrogen-bond acceptors (Lipinski definition) is 4. The van der Waals surface area contributed by atoms with Gasteiger partial charge in [-0.2, -0.15) is 5.26 Å². The van der Waals surface area contributed by atoms with Gasteiger partial charge in [-0.3, -0.25) is 4.79 Å². The van der Waals surface area contributed by atoms with Gasteiger partial charge in [0.25, 0.3) is 0 Å². The van der Waals surface area contributed by atoms with E-state index >= 15 is 0 Å². The fourth-order valence-electron chi connectivity index (χ4n) is 3.91. The highest BCUT2D eigenvalue weighted by Crippen LogP contribution is 2.47. The minimum Gasteiger partial charge on any atom is -0.444 e. The molecule has 4 nitrogen and oxygen atoms in total. The molecule has 0 radical (unpaired) electrons. The van der Waals surface area contributed by atoms with Crippen molar-refractivity contribution in [2.24, 2.45) is 5.73 Å². The molecule has 27 heavy (non-hydrogen) atoms. The van der Waals surface area contributed by atoms with Crippen LogP contribution in [0.3, 0.4) is 0 Å². The van der Waals surface area contributed by atoms with Crippen molar-refractivity contribution in [3.63, 3.8) is 0 Å². The summed E-state index contributed by atoms with van der Waals surface area (Å²) in [5.74, 6) is 0.0203. The van der Waals surface area contributed by atoms with Crippen molar-refractivity contribution in [3.05, 3.63) is 93.5 Å². The molecule has 2 aliphatic rings. The summed E-state index contributed by atoms with van der Waals surface area (Å²) in [6.07, 6.45) is 0.849. The molecule has 0 saturated heterocycles. The van der Waals surface area contributed by atoms with Crippen molar-refractivity contribution >= 4 is 17.4 Å². The Kier molecular flexibility index (Phi) is 4.47. The number of nitriles is 1. The Morgan fingerprint density at radius 2 is 1.78 bits per heavy atom. The summed E-state index contributed by atoms with van der Waals surface area (Å²) >= 11 is 6.33. The van der Waals surface area contributed by atoms with Gasteiger partial charge in [-0.05, 0) is 23.1 Å². The van der Waals surface area contributed by atoms with Crippen LogP contribution in [0, 0.1) is 11.3 Å². The fourth-order valence-corrected chi connectivity index (χ4v) is 4.20. The Balaban J connectivity index is 1.80. The molecule has 5 heteroatoms. The van der Waals surface area contributed by atoms with Crippen molar-refractivity contribution in [2.45, 2.75) is 24.7 Å². The lowest BCUT2D eigenvalue weighted by Crippen LogP contribution is -2.29. The molecule has 1 aliphatic heterocycles. The number of ether oxygens (including phenoxy) is 1. The number of allylic oxidation sites excluding steroid dienone is 3. The average molecular weight is 377 g/mol. The zero-order valence-electron chi connectivity index (χ0n) is 14.5. The third-order valence-corrected chi connectivity index (χ3v) is 5.48. The second kappa shape index (κ2) is 6.94. The van der Waals surface area contributed by atoms with Crippen LogP contribution in [0.1, 0.15) is 35.8 Å². The van der Waals surface area contributed by atoms with E-state index in [2.05, 4.69) is 6.07 Å². The van der Waals surface area contributed by atoms with Gasteiger partial charge in [0.15, 0.2) is 5.78 Å². The number of carbonyl (C=O) groups excluding carboxylic acids is 1. The van der Waals surface area contributed by atoms with Gasteiger partial charge in [0, 0.05) is 23.4 Å². The molecule has 134 valence electrons. The first-order valence-electron chi connectivity index (χ1n) is 8.73. The number of rotatable bonds is 2. The molecule has 0 unspecified atom stereocenters. The zero-order valence-corrected chi connectivity index (χ0v) is 15.2. The van der Waals surface area contributed by atoms with E-state index < -0.39 is 5.92 Å². The highest BCUT2D eigenvalue weighted by atomic mass is 35.5. The Bertz CT molecular complexity index is 1020. The summed E-state index contributed by atoms with van der Waals surface area (Å²) in [5.41, 5.74) is 8.65. The van der Waals surface area contributed by atoms with E-state index in [1.165, 1.54) is 0 Å². The third-order valence-electron chi connectivity index (χ3n) is 5.14. The van der Waals surface area contributed by atoms with Crippen LogP contribution in [0.25, 0.3) is 0 Å². The predicted octanol–water partition coefficient (Wildman–Crippen LogP) is 4.55. The van der Waals surface area contributed by atoms with Crippen molar-refractivity contribution in [1.82, 2.24) is 0 Å². The molecule has 2 aromatic rings. The largest absolute Gasteiger partial charge is 0.444 e. The number of benzene rings is 2. The number of halogens is 1. The van der Waals surface area contributed by atoms with Crippen molar-refractivity contribution in [1.29, 1.82) is 5.26 Å². The lowest BCUT2D eigenvalue weighted by molar-refractivity contribution is -0.117. The Hall–Kier alpha value is -3.03. The maximum absolute atomic E-state index is 13.1. The van der Waals surface area contributed by atoms with Crippen LogP contribution in [0.15, 0.2) is 77.4 Å². The number of carbonyl (C=O) groups is 1. The lowest BCUT2D eigenvalue weighted by atomic mass is 9.73. The molecule has 0 bridgehead atoms. The summed E-state index contributed by atoms with van der Waals surface area (Å²) < 4.78 is 5.76. The second-order valence-corrected chi connectivity index (χ2v) is 7.13. The fraction of sp³-hybridized carbons (Fsp3) is 0.182. The molecule has 0 aromatic heterocycles. The molecule has 1 heterocycles. The van der Waals surface area contributed by atoms with E-state index in [-0.39, 0.29) is 23.2 Å². The molecular weight excluding hydrogens is 360 g/mol. The first-order chi connectivity index (χ1) is 13.1. The van der Waals surface area contributed by atoms with E-state index in [1.807, 2.05) is 54.6 Å². The first kappa shape index (κ1) is 17.4. The van der Waals surface area contributed by atoms with Gasteiger partial charge < -0.3 is 10.5 Å². The Morgan fingerprint density at radius 3 is 2.48 bits per heavy atom. The molecule has 2 N–H and O–H groups in total. The molecule has 0 amide bonds. The summed E-state index contributed by atoms with van der Waals surface area (Å²) in [5, 5.41) is 10.3. The van der Waals surface area contributed by atoms with Crippen LogP contribution in [0.4, 0.5) is 0 Å². The van der Waals surface area contributed by atoms with Crippen molar-refractivity contribution < 1.29 is 9.53 Å². The molecular formula is C22H17ClN2O2. The molecule has 0 spiro atoms. The van der Waals surface area contributed by atoms with Crippen LogP contribution in [0.5, 0.6) is 0 Å². The van der Waals surface area contributed by atoms with Gasteiger partial charge in [0.2, 0.25) is 5.88 Å². The third kappa shape index (κ3) is 3.01. The summed E-state index contributed by atoms with van der Waals surface area (Å²) in [4.78, 5) is 13.1. The minimum absolute atomic E-state index is 0.0322. The smallest absolute Gasteiger partial charge is 0.205 e. The van der Waals surface area contributed by atoms with Gasteiger partial charge in [0.1, 0.15) is 17.4 Å². The van der Waals surface area contributed by atoms with Crippen LogP contribution in [-0.4, -0.2) is 5.78 Å². The van der Waals surface area contributed by atoms with E-state index in [9.17, 15) is 10.1 Å². The summed E-state index contributed by atoms with van der Waals surface area (Å²) in [7, 11) is 0. The van der Waals surface area contributed by atoms with Gasteiger partial charge in [0.05, 0.1) is 5.92 Å². The number of nitrogens with zero attached hydrogens (tertiary/aromatic N) is 1. The number of nitrogens with two attached hydrogens (primary N) is 1. The van der Waals surface area contributed by atoms with Crippen LogP contribution < -0.4 is 5.73 Å². The summed E-state index contributed by atoms with van der Waals surface area (Å²) in [6, 6.07) is 19.1. The Morgan fingerprint density at radius 1 is 1.07 bits per heavy atom. The standard InChI is InChI=1S/C22H17ClN2O2/c23-17-9-5-4-8-15(17)14-10-18(26)21-19(11-14)27-22(25)16(12-24)20(21)13-6-2-1-3-7-13/h1-9,14,20H,10-11,25H2/t14-,20-/m1/s1. The molecule has 2 aromatic carbocycles. The monoisotopic (exact) mass is 376 g/mol. The molecule has 0 saturated carbocycles. The summed E-state index contributed by atoms with van der Waals surface area (Å²) in [6.45, 7) is 0.